The lowest BCUT2D eigenvalue weighted by Gasteiger charge is -2.26. The molecule has 1 aromatic carbocycles. The van der Waals surface area contributed by atoms with Crippen molar-refractivity contribution < 1.29 is 19.4 Å². The van der Waals surface area contributed by atoms with Crippen molar-refractivity contribution in [2.45, 2.75) is 39.3 Å². The number of hydrogen-bond acceptors (Lipinski definition) is 4. The molecular weight excluding hydrogens is 294 g/mol. The van der Waals surface area contributed by atoms with Crippen LogP contribution in [-0.4, -0.2) is 41.0 Å². The van der Waals surface area contributed by atoms with Gasteiger partial charge in [0, 0.05) is 13.2 Å². The molecule has 2 rings (SSSR count). The number of aliphatic hydroxyl groups excluding tert-OH is 1. The Bertz CT molecular complexity index is 607. The first kappa shape index (κ1) is 17.2. The Morgan fingerprint density at radius 3 is 2.52 bits per heavy atom. The summed E-state index contributed by atoms with van der Waals surface area (Å²) >= 11 is 0. The third kappa shape index (κ3) is 3.79. The van der Waals surface area contributed by atoms with Gasteiger partial charge < -0.3 is 14.7 Å². The highest BCUT2D eigenvalue weighted by atomic mass is 16.5. The van der Waals surface area contributed by atoms with Crippen molar-refractivity contribution in [3.63, 3.8) is 0 Å². The summed E-state index contributed by atoms with van der Waals surface area (Å²) in [6.45, 7) is 6.23. The lowest BCUT2D eigenvalue weighted by molar-refractivity contribution is -0.129. The van der Waals surface area contributed by atoms with E-state index < -0.39 is 17.7 Å². The largest absolute Gasteiger partial charge is 0.503 e. The number of carbonyl (C=O) groups is 2. The van der Waals surface area contributed by atoms with Crippen LogP contribution < -0.4 is 0 Å². The number of benzene rings is 1. The molecule has 1 unspecified atom stereocenters. The van der Waals surface area contributed by atoms with Gasteiger partial charge in [-0.25, -0.2) is 0 Å². The number of Topliss-reactive ketones (excluding diaryl/α,β-unsaturated/α-hetero) is 1. The summed E-state index contributed by atoms with van der Waals surface area (Å²) in [6.07, 6.45) is 0.777. The van der Waals surface area contributed by atoms with Gasteiger partial charge in [0.1, 0.15) is 0 Å². The van der Waals surface area contributed by atoms with Crippen molar-refractivity contribution in [2.24, 2.45) is 0 Å². The number of nitrogens with zero attached hydrogens (tertiary/aromatic N) is 1. The van der Waals surface area contributed by atoms with Gasteiger partial charge in [-0.15, -0.1) is 0 Å². The monoisotopic (exact) mass is 317 g/mol. The molecule has 0 spiro atoms. The normalized spacial score (nSPS) is 18.2. The molecule has 1 aromatic rings. The van der Waals surface area contributed by atoms with E-state index >= 15 is 0 Å². The number of aliphatic hydroxyl groups is 1. The third-order valence-electron chi connectivity index (χ3n) is 3.79. The quantitative estimate of drug-likeness (QED) is 0.785. The second kappa shape index (κ2) is 7.42. The fourth-order valence-electron chi connectivity index (χ4n) is 2.78. The van der Waals surface area contributed by atoms with Gasteiger partial charge in [-0.05, 0) is 32.8 Å². The summed E-state index contributed by atoms with van der Waals surface area (Å²) in [5, 5.41) is 10.1. The van der Waals surface area contributed by atoms with Crippen molar-refractivity contribution in [3.8, 4) is 0 Å². The van der Waals surface area contributed by atoms with Crippen LogP contribution in [0.2, 0.25) is 0 Å². The minimum atomic E-state index is -0.528. The molecule has 5 nitrogen and oxygen atoms in total. The average molecular weight is 317 g/mol. The first-order chi connectivity index (χ1) is 10.9. The zero-order valence-electron chi connectivity index (χ0n) is 13.8. The SMILES string of the molecule is CC(=O)C1=C(O)C(=O)N(CCCOC(C)C)C1c1ccccc1. The summed E-state index contributed by atoms with van der Waals surface area (Å²) in [5.41, 5.74) is 0.992. The number of rotatable bonds is 7. The van der Waals surface area contributed by atoms with Crippen LogP contribution in [0.3, 0.4) is 0 Å². The molecule has 1 atom stereocenters. The molecule has 0 saturated carbocycles. The van der Waals surface area contributed by atoms with Crippen LogP contribution in [-0.2, 0) is 14.3 Å². The molecule has 124 valence electrons. The molecule has 0 aliphatic carbocycles. The van der Waals surface area contributed by atoms with Crippen molar-refractivity contribution in [3.05, 3.63) is 47.2 Å². The first-order valence-electron chi connectivity index (χ1n) is 7.85. The Morgan fingerprint density at radius 1 is 1.30 bits per heavy atom. The standard InChI is InChI=1S/C18H23NO4/c1-12(2)23-11-7-10-19-16(14-8-5-4-6-9-14)15(13(3)20)17(21)18(19)22/h4-6,8-9,12,16,21H,7,10-11H2,1-3H3. The molecule has 1 aliphatic rings. The van der Waals surface area contributed by atoms with Crippen molar-refractivity contribution in [2.75, 3.05) is 13.2 Å². The Morgan fingerprint density at radius 2 is 1.96 bits per heavy atom. The summed E-state index contributed by atoms with van der Waals surface area (Å²) in [5.74, 6) is -1.21. The number of ketones is 1. The molecule has 0 saturated heterocycles. The van der Waals surface area contributed by atoms with Gasteiger partial charge in [-0.3, -0.25) is 9.59 Å². The van der Waals surface area contributed by atoms with Gasteiger partial charge in [-0.2, -0.15) is 0 Å². The van der Waals surface area contributed by atoms with E-state index in [1.807, 2.05) is 44.2 Å². The zero-order chi connectivity index (χ0) is 17.0. The summed E-state index contributed by atoms with van der Waals surface area (Å²) in [4.78, 5) is 25.8. The van der Waals surface area contributed by atoms with Crippen LogP contribution in [0, 0.1) is 0 Å². The van der Waals surface area contributed by atoms with Crippen molar-refractivity contribution >= 4 is 11.7 Å². The topological polar surface area (TPSA) is 66.8 Å². The highest BCUT2D eigenvalue weighted by molar-refractivity contribution is 6.08. The van der Waals surface area contributed by atoms with E-state index in [0.29, 0.717) is 19.6 Å². The number of amides is 1. The first-order valence-corrected chi connectivity index (χ1v) is 7.85. The van der Waals surface area contributed by atoms with E-state index in [9.17, 15) is 14.7 Å². The fraction of sp³-hybridized carbons (Fsp3) is 0.444. The van der Waals surface area contributed by atoms with Gasteiger partial charge in [0.05, 0.1) is 17.7 Å². The van der Waals surface area contributed by atoms with Gasteiger partial charge in [-0.1, -0.05) is 30.3 Å². The summed E-state index contributed by atoms with van der Waals surface area (Å²) < 4.78 is 5.50. The molecule has 0 aromatic heterocycles. The molecule has 23 heavy (non-hydrogen) atoms. The Labute approximate surface area is 136 Å². The maximum Gasteiger partial charge on any atom is 0.290 e. The average Bonchev–Trinajstić information content (AvgIpc) is 2.77. The molecule has 0 bridgehead atoms. The predicted molar refractivity (Wildman–Crippen MR) is 86.9 cm³/mol. The van der Waals surface area contributed by atoms with Crippen LogP contribution in [0.4, 0.5) is 0 Å². The molecule has 1 aliphatic heterocycles. The molecular formula is C18H23NO4. The molecule has 0 radical (unpaired) electrons. The van der Waals surface area contributed by atoms with E-state index in [0.717, 1.165) is 5.56 Å². The van der Waals surface area contributed by atoms with Gasteiger partial charge in [0.2, 0.25) is 0 Å². The maximum absolute atomic E-state index is 12.4. The highest BCUT2D eigenvalue weighted by Crippen LogP contribution is 2.37. The molecule has 0 fully saturated rings. The van der Waals surface area contributed by atoms with Crippen LogP contribution >= 0.6 is 0 Å². The predicted octanol–water partition coefficient (Wildman–Crippen LogP) is 2.79. The molecule has 1 heterocycles. The number of ether oxygens (including phenoxy) is 1. The smallest absolute Gasteiger partial charge is 0.290 e. The lowest BCUT2D eigenvalue weighted by atomic mass is 9.97. The van der Waals surface area contributed by atoms with Crippen molar-refractivity contribution in [1.29, 1.82) is 0 Å². The second-order valence-electron chi connectivity index (χ2n) is 5.90. The Hall–Kier alpha value is -2.14. The van der Waals surface area contributed by atoms with Crippen LogP contribution in [0.5, 0.6) is 0 Å². The lowest BCUT2D eigenvalue weighted by Crippen LogP contribution is -2.32. The van der Waals surface area contributed by atoms with Gasteiger partial charge >= 0.3 is 0 Å². The number of carbonyl (C=O) groups excluding carboxylic acids is 2. The molecule has 1 N–H and O–H groups in total. The molecule has 5 heteroatoms. The minimum Gasteiger partial charge on any atom is -0.503 e. The third-order valence-corrected chi connectivity index (χ3v) is 3.79. The van der Waals surface area contributed by atoms with Crippen LogP contribution in [0.25, 0.3) is 0 Å². The van der Waals surface area contributed by atoms with Crippen molar-refractivity contribution in [1.82, 2.24) is 4.90 Å². The zero-order valence-corrected chi connectivity index (χ0v) is 13.8. The fourth-order valence-corrected chi connectivity index (χ4v) is 2.78. The van der Waals surface area contributed by atoms with E-state index in [-0.39, 0.29) is 17.5 Å². The summed E-state index contributed by atoms with van der Waals surface area (Å²) in [7, 11) is 0. The van der Waals surface area contributed by atoms with Gasteiger partial charge in [0.25, 0.3) is 5.91 Å². The Kier molecular flexibility index (Phi) is 5.55. The highest BCUT2D eigenvalue weighted by Gasteiger charge is 2.41. The molecule has 1 amide bonds. The van der Waals surface area contributed by atoms with Crippen LogP contribution in [0.15, 0.2) is 41.7 Å². The maximum atomic E-state index is 12.4. The minimum absolute atomic E-state index is 0.133. The van der Waals surface area contributed by atoms with E-state index in [1.54, 1.807) is 4.90 Å². The van der Waals surface area contributed by atoms with E-state index in [4.69, 9.17) is 4.74 Å². The van der Waals surface area contributed by atoms with Gasteiger partial charge in [0.15, 0.2) is 11.5 Å². The second-order valence-corrected chi connectivity index (χ2v) is 5.90. The Balaban J connectivity index is 2.23. The van der Waals surface area contributed by atoms with E-state index in [2.05, 4.69) is 0 Å². The van der Waals surface area contributed by atoms with Crippen LogP contribution in [0.1, 0.15) is 38.8 Å². The van der Waals surface area contributed by atoms with E-state index in [1.165, 1.54) is 6.92 Å². The summed E-state index contributed by atoms with van der Waals surface area (Å²) in [6, 6.07) is 8.77. The number of hydrogen-bond donors (Lipinski definition) is 1.